The Morgan fingerprint density at radius 3 is 3.00 bits per heavy atom. The lowest BCUT2D eigenvalue weighted by molar-refractivity contribution is 0.179. The van der Waals surface area contributed by atoms with Crippen LogP contribution in [-0.4, -0.2) is 23.8 Å². The van der Waals surface area contributed by atoms with Crippen molar-refractivity contribution in [2.45, 2.75) is 38.3 Å². The number of hydrogen-bond donors (Lipinski definition) is 2. The molecule has 0 aromatic heterocycles. The first-order valence-corrected chi connectivity index (χ1v) is 4.29. The van der Waals surface area contributed by atoms with Gasteiger partial charge in [0.05, 0.1) is 6.10 Å². The van der Waals surface area contributed by atoms with E-state index in [0.29, 0.717) is 6.04 Å². The van der Waals surface area contributed by atoms with E-state index in [1.165, 1.54) is 5.57 Å². The van der Waals surface area contributed by atoms with Crippen molar-refractivity contribution in [2.24, 2.45) is 0 Å². The van der Waals surface area contributed by atoms with Crippen molar-refractivity contribution < 1.29 is 5.11 Å². The standard InChI is InChI=1S/C9H17NO/c1-7-5-6-10-9(7)4-3-8(2)11/h8-11H,1,3-6H2,2H3. The molecule has 2 atom stereocenters. The number of aliphatic hydroxyl groups is 1. The highest BCUT2D eigenvalue weighted by Crippen LogP contribution is 2.16. The first-order valence-electron chi connectivity index (χ1n) is 4.29. The summed E-state index contributed by atoms with van der Waals surface area (Å²) < 4.78 is 0. The fraction of sp³-hybridized carbons (Fsp3) is 0.778. The fourth-order valence-corrected chi connectivity index (χ4v) is 1.44. The third-order valence-corrected chi connectivity index (χ3v) is 2.20. The van der Waals surface area contributed by atoms with E-state index in [9.17, 15) is 0 Å². The van der Waals surface area contributed by atoms with Gasteiger partial charge >= 0.3 is 0 Å². The third kappa shape index (κ3) is 2.64. The van der Waals surface area contributed by atoms with Gasteiger partial charge in [0.1, 0.15) is 0 Å². The number of rotatable bonds is 3. The van der Waals surface area contributed by atoms with Crippen molar-refractivity contribution >= 4 is 0 Å². The maximum Gasteiger partial charge on any atom is 0.0512 e. The Labute approximate surface area is 68.3 Å². The van der Waals surface area contributed by atoms with Gasteiger partial charge in [-0.3, -0.25) is 0 Å². The zero-order chi connectivity index (χ0) is 8.27. The van der Waals surface area contributed by atoms with Crippen LogP contribution in [0.3, 0.4) is 0 Å². The molecule has 11 heavy (non-hydrogen) atoms. The summed E-state index contributed by atoms with van der Waals surface area (Å²) in [7, 11) is 0. The van der Waals surface area contributed by atoms with E-state index in [0.717, 1.165) is 25.8 Å². The van der Waals surface area contributed by atoms with Crippen molar-refractivity contribution in [3.05, 3.63) is 12.2 Å². The van der Waals surface area contributed by atoms with Crippen LogP contribution in [0.1, 0.15) is 26.2 Å². The van der Waals surface area contributed by atoms with Crippen LogP contribution in [-0.2, 0) is 0 Å². The van der Waals surface area contributed by atoms with Crippen LogP contribution in [0.15, 0.2) is 12.2 Å². The molecule has 1 fully saturated rings. The van der Waals surface area contributed by atoms with Crippen molar-refractivity contribution in [3.63, 3.8) is 0 Å². The largest absolute Gasteiger partial charge is 0.393 e. The molecule has 1 aliphatic rings. The van der Waals surface area contributed by atoms with Gasteiger partial charge in [0.25, 0.3) is 0 Å². The lowest BCUT2D eigenvalue weighted by Gasteiger charge is -2.12. The summed E-state index contributed by atoms with van der Waals surface area (Å²) in [5.74, 6) is 0. The normalized spacial score (nSPS) is 27.5. The molecule has 2 unspecified atom stereocenters. The van der Waals surface area contributed by atoms with Crippen molar-refractivity contribution in [1.29, 1.82) is 0 Å². The van der Waals surface area contributed by atoms with Crippen LogP contribution in [0, 0.1) is 0 Å². The summed E-state index contributed by atoms with van der Waals surface area (Å²) in [5, 5.41) is 12.4. The average molecular weight is 155 g/mol. The molecule has 0 radical (unpaired) electrons. The second-order valence-electron chi connectivity index (χ2n) is 3.34. The van der Waals surface area contributed by atoms with Crippen LogP contribution < -0.4 is 5.32 Å². The summed E-state index contributed by atoms with van der Waals surface area (Å²) >= 11 is 0. The molecule has 0 aromatic rings. The SMILES string of the molecule is C=C1CCNC1CCC(C)O. The van der Waals surface area contributed by atoms with E-state index < -0.39 is 0 Å². The van der Waals surface area contributed by atoms with Gasteiger partial charge in [-0.25, -0.2) is 0 Å². The summed E-state index contributed by atoms with van der Waals surface area (Å²) in [6.07, 6.45) is 2.82. The summed E-state index contributed by atoms with van der Waals surface area (Å²) in [5.41, 5.74) is 1.30. The molecule has 1 saturated heterocycles. The maximum absolute atomic E-state index is 9.04. The number of hydrogen-bond acceptors (Lipinski definition) is 2. The van der Waals surface area contributed by atoms with E-state index in [-0.39, 0.29) is 6.10 Å². The molecule has 0 bridgehead atoms. The topological polar surface area (TPSA) is 32.3 Å². The Kier molecular flexibility index (Phi) is 3.09. The predicted molar refractivity (Wildman–Crippen MR) is 46.5 cm³/mol. The second kappa shape index (κ2) is 3.88. The average Bonchev–Trinajstić information content (AvgIpc) is 2.31. The molecule has 2 nitrogen and oxygen atoms in total. The van der Waals surface area contributed by atoms with E-state index in [2.05, 4.69) is 11.9 Å². The molecule has 2 heteroatoms. The monoisotopic (exact) mass is 155 g/mol. The lowest BCUT2D eigenvalue weighted by Crippen LogP contribution is -2.23. The van der Waals surface area contributed by atoms with Gasteiger partial charge in [-0.15, -0.1) is 0 Å². The van der Waals surface area contributed by atoms with Crippen LogP contribution in [0.5, 0.6) is 0 Å². The highest BCUT2D eigenvalue weighted by atomic mass is 16.3. The molecule has 2 N–H and O–H groups in total. The summed E-state index contributed by atoms with van der Waals surface area (Å²) in [6, 6.07) is 0.463. The van der Waals surface area contributed by atoms with Gasteiger partial charge in [-0.1, -0.05) is 12.2 Å². The van der Waals surface area contributed by atoms with Crippen molar-refractivity contribution in [2.75, 3.05) is 6.54 Å². The number of nitrogens with one attached hydrogen (secondary N) is 1. The lowest BCUT2D eigenvalue weighted by atomic mass is 10.0. The molecular weight excluding hydrogens is 138 g/mol. The van der Waals surface area contributed by atoms with Gasteiger partial charge < -0.3 is 10.4 Å². The van der Waals surface area contributed by atoms with Crippen LogP contribution in [0.2, 0.25) is 0 Å². The summed E-state index contributed by atoms with van der Waals surface area (Å²) in [4.78, 5) is 0. The van der Waals surface area contributed by atoms with Gasteiger partial charge in [0.15, 0.2) is 0 Å². The molecule has 1 aliphatic heterocycles. The Morgan fingerprint density at radius 1 is 1.82 bits per heavy atom. The Balaban J connectivity index is 2.20. The fourth-order valence-electron chi connectivity index (χ4n) is 1.44. The predicted octanol–water partition coefficient (Wildman–Crippen LogP) is 1.07. The smallest absolute Gasteiger partial charge is 0.0512 e. The van der Waals surface area contributed by atoms with E-state index >= 15 is 0 Å². The molecule has 64 valence electrons. The minimum Gasteiger partial charge on any atom is -0.393 e. The quantitative estimate of drug-likeness (QED) is 0.597. The van der Waals surface area contributed by atoms with Crippen LogP contribution in [0.4, 0.5) is 0 Å². The van der Waals surface area contributed by atoms with E-state index in [4.69, 9.17) is 5.11 Å². The summed E-state index contributed by atoms with van der Waals surface area (Å²) in [6.45, 7) is 6.86. The van der Waals surface area contributed by atoms with Gasteiger partial charge in [0.2, 0.25) is 0 Å². The zero-order valence-electron chi connectivity index (χ0n) is 7.14. The van der Waals surface area contributed by atoms with Crippen molar-refractivity contribution in [3.8, 4) is 0 Å². The molecule has 0 amide bonds. The minimum absolute atomic E-state index is 0.176. The third-order valence-electron chi connectivity index (χ3n) is 2.20. The molecule has 0 aliphatic carbocycles. The highest BCUT2D eigenvalue weighted by molar-refractivity contribution is 5.10. The molecule has 1 rings (SSSR count). The molecule has 0 spiro atoms. The zero-order valence-corrected chi connectivity index (χ0v) is 7.14. The highest BCUT2D eigenvalue weighted by Gasteiger charge is 2.17. The van der Waals surface area contributed by atoms with Crippen LogP contribution >= 0.6 is 0 Å². The van der Waals surface area contributed by atoms with Gasteiger partial charge in [-0.2, -0.15) is 0 Å². The van der Waals surface area contributed by atoms with Crippen LogP contribution in [0.25, 0.3) is 0 Å². The first-order chi connectivity index (χ1) is 5.20. The van der Waals surface area contributed by atoms with Crippen molar-refractivity contribution in [1.82, 2.24) is 5.32 Å². The first kappa shape index (κ1) is 8.75. The Bertz CT molecular complexity index is 142. The van der Waals surface area contributed by atoms with E-state index in [1.807, 2.05) is 6.92 Å². The number of aliphatic hydroxyl groups excluding tert-OH is 1. The Hall–Kier alpha value is -0.340. The van der Waals surface area contributed by atoms with Gasteiger partial charge in [0, 0.05) is 6.04 Å². The molecule has 0 aromatic carbocycles. The Morgan fingerprint density at radius 2 is 2.55 bits per heavy atom. The van der Waals surface area contributed by atoms with Gasteiger partial charge in [-0.05, 0) is 32.7 Å². The maximum atomic E-state index is 9.04. The molecule has 0 saturated carbocycles. The molecule has 1 heterocycles. The van der Waals surface area contributed by atoms with E-state index in [1.54, 1.807) is 0 Å². The molecular formula is C9H17NO. The second-order valence-corrected chi connectivity index (χ2v) is 3.34. The minimum atomic E-state index is -0.176.